The molecule has 0 spiro atoms. The largest absolute Gasteiger partial charge is 0.326 e. The first kappa shape index (κ1) is 16.7. The summed E-state index contributed by atoms with van der Waals surface area (Å²) in [6.45, 7) is 5.97. The third-order valence-corrected chi connectivity index (χ3v) is 4.47. The Bertz CT molecular complexity index is 607. The number of amides is 1. The van der Waals surface area contributed by atoms with Gasteiger partial charge in [0.1, 0.15) is 0 Å². The maximum absolute atomic E-state index is 12.0. The summed E-state index contributed by atoms with van der Waals surface area (Å²) in [5.41, 5.74) is 2.07. The molecule has 0 aliphatic heterocycles. The van der Waals surface area contributed by atoms with Gasteiger partial charge in [0, 0.05) is 28.4 Å². The summed E-state index contributed by atoms with van der Waals surface area (Å²) in [5.74, 6) is 0.0916. The summed E-state index contributed by atoms with van der Waals surface area (Å²) in [6.07, 6.45) is 2.43. The molecule has 0 atom stereocenters. The minimum atomic E-state index is 0.0916. The van der Waals surface area contributed by atoms with Crippen LogP contribution in [-0.4, -0.2) is 12.5 Å². The topological polar surface area (TPSA) is 41.1 Å². The number of nitrogens with one attached hydrogen (secondary N) is 2. The fourth-order valence-electron chi connectivity index (χ4n) is 2.29. The second-order valence-corrected chi connectivity index (χ2v) is 6.77. The van der Waals surface area contributed by atoms with Crippen LogP contribution in [0.1, 0.15) is 35.1 Å². The van der Waals surface area contributed by atoms with Crippen molar-refractivity contribution in [3.8, 4) is 0 Å². The summed E-state index contributed by atoms with van der Waals surface area (Å²) in [5, 5.41) is 6.27. The van der Waals surface area contributed by atoms with Gasteiger partial charge in [0.25, 0.3) is 0 Å². The van der Waals surface area contributed by atoms with E-state index in [2.05, 4.69) is 42.7 Å². The molecule has 0 aliphatic carbocycles. The molecule has 0 fully saturated rings. The van der Waals surface area contributed by atoms with E-state index in [9.17, 15) is 4.79 Å². The lowest BCUT2D eigenvalue weighted by Crippen LogP contribution is -2.13. The van der Waals surface area contributed by atoms with Gasteiger partial charge < -0.3 is 10.6 Å². The molecule has 1 aromatic heterocycles. The first-order valence-electron chi connectivity index (χ1n) is 7.82. The van der Waals surface area contributed by atoms with E-state index in [4.69, 9.17) is 0 Å². The van der Waals surface area contributed by atoms with Crippen molar-refractivity contribution in [3.63, 3.8) is 0 Å². The minimum absolute atomic E-state index is 0.0916. The van der Waals surface area contributed by atoms with Crippen LogP contribution in [-0.2, 0) is 17.8 Å². The zero-order valence-corrected chi connectivity index (χ0v) is 14.1. The van der Waals surface area contributed by atoms with Gasteiger partial charge in [0.15, 0.2) is 0 Å². The van der Waals surface area contributed by atoms with Crippen molar-refractivity contribution >= 4 is 22.9 Å². The van der Waals surface area contributed by atoms with Crippen molar-refractivity contribution in [3.05, 3.63) is 51.7 Å². The number of carbonyl (C=O) groups excluding carboxylic acids is 1. The monoisotopic (exact) mass is 316 g/mol. The van der Waals surface area contributed by atoms with E-state index >= 15 is 0 Å². The van der Waals surface area contributed by atoms with Gasteiger partial charge in [-0.25, -0.2) is 0 Å². The number of hydrogen-bond donors (Lipinski definition) is 2. The van der Waals surface area contributed by atoms with Gasteiger partial charge in [0.2, 0.25) is 5.91 Å². The van der Waals surface area contributed by atoms with E-state index < -0.39 is 0 Å². The van der Waals surface area contributed by atoms with Gasteiger partial charge >= 0.3 is 0 Å². The second-order valence-electron chi connectivity index (χ2n) is 5.39. The molecule has 2 rings (SSSR count). The number of aryl methyl sites for hydroxylation is 2. The van der Waals surface area contributed by atoms with Crippen LogP contribution in [0.2, 0.25) is 0 Å². The van der Waals surface area contributed by atoms with Crippen LogP contribution in [0.15, 0.2) is 36.4 Å². The third-order valence-electron chi connectivity index (χ3n) is 3.41. The molecule has 0 aliphatic rings. The number of rotatable bonds is 8. The Morgan fingerprint density at radius 1 is 1.23 bits per heavy atom. The SMILES string of the molecule is CCNCc1cccc(NC(=O)CCCc2ccc(C)s2)c1. The fraction of sp³-hybridized carbons (Fsp3) is 0.389. The lowest BCUT2D eigenvalue weighted by molar-refractivity contribution is -0.116. The average Bonchev–Trinajstić information content (AvgIpc) is 2.91. The Hall–Kier alpha value is -1.65. The Labute approximate surface area is 136 Å². The van der Waals surface area contributed by atoms with Gasteiger partial charge in [-0.1, -0.05) is 19.1 Å². The zero-order chi connectivity index (χ0) is 15.8. The molecule has 2 N–H and O–H groups in total. The highest BCUT2D eigenvalue weighted by Gasteiger charge is 2.04. The molecule has 0 unspecified atom stereocenters. The van der Waals surface area contributed by atoms with E-state index in [-0.39, 0.29) is 5.91 Å². The van der Waals surface area contributed by atoms with Gasteiger partial charge in [0.05, 0.1) is 0 Å². The summed E-state index contributed by atoms with van der Waals surface area (Å²) in [6, 6.07) is 12.3. The number of benzene rings is 1. The summed E-state index contributed by atoms with van der Waals surface area (Å²) >= 11 is 1.81. The number of anilines is 1. The molecule has 3 nitrogen and oxygen atoms in total. The fourth-order valence-corrected chi connectivity index (χ4v) is 3.23. The first-order valence-corrected chi connectivity index (χ1v) is 8.64. The Balaban J connectivity index is 1.76. The second kappa shape index (κ2) is 8.71. The minimum Gasteiger partial charge on any atom is -0.326 e. The molecule has 0 saturated carbocycles. The van der Waals surface area contributed by atoms with Gasteiger partial charge in [-0.2, -0.15) is 0 Å². The highest BCUT2D eigenvalue weighted by Crippen LogP contribution is 2.17. The van der Waals surface area contributed by atoms with Crippen LogP contribution in [0.25, 0.3) is 0 Å². The summed E-state index contributed by atoms with van der Waals surface area (Å²) in [4.78, 5) is 14.7. The molecule has 1 heterocycles. The predicted molar refractivity (Wildman–Crippen MR) is 94.4 cm³/mol. The lowest BCUT2D eigenvalue weighted by atomic mass is 10.1. The number of carbonyl (C=O) groups is 1. The van der Waals surface area contributed by atoms with Crippen molar-refractivity contribution in [2.45, 2.75) is 39.7 Å². The van der Waals surface area contributed by atoms with Crippen molar-refractivity contribution in [2.75, 3.05) is 11.9 Å². The molecule has 1 amide bonds. The zero-order valence-electron chi connectivity index (χ0n) is 13.3. The van der Waals surface area contributed by atoms with Gasteiger partial charge in [-0.15, -0.1) is 11.3 Å². The van der Waals surface area contributed by atoms with E-state index in [1.807, 2.05) is 29.5 Å². The molecule has 118 valence electrons. The molecular weight excluding hydrogens is 292 g/mol. The molecule has 0 saturated heterocycles. The van der Waals surface area contributed by atoms with Crippen LogP contribution < -0.4 is 10.6 Å². The predicted octanol–water partition coefficient (Wildman–Crippen LogP) is 4.13. The van der Waals surface area contributed by atoms with Crippen molar-refractivity contribution < 1.29 is 4.79 Å². The normalized spacial score (nSPS) is 10.6. The number of thiophene rings is 1. The first-order chi connectivity index (χ1) is 10.7. The van der Waals surface area contributed by atoms with E-state index in [1.54, 1.807) is 0 Å². The highest BCUT2D eigenvalue weighted by molar-refractivity contribution is 7.11. The third kappa shape index (κ3) is 5.62. The van der Waals surface area contributed by atoms with Crippen molar-refractivity contribution in [1.82, 2.24) is 5.32 Å². The van der Waals surface area contributed by atoms with E-state index in [0.29, 0.717) is 6.42 Å². The van der Waals surface area contributed by atoms with E-state index in [0.717, 1.165) is 31.6 Å². The molecule has 0 radical (unpaired) electrons. The maximum atomic E-state index is 12.0. The standard InChI is InChI=1S/C18H24N2OS/c1-3-19-13-15-6-4-7-16(12-15)20-18(21)9-5-8-17-11-10-14(2)22-17/h4,6-7,10-12,19H,3,5,8-9,13H2,1-2H3,(H,20,21). The lowest BCUT2D eigenvalue weighted by Gasteiger charge is -2.08. The average molecular weight is 316 g/mol. The Morgan fingerprint density at radius 3 is 2.82 bits per heavy atom. The van der Waals surface area contributed by atoms with Crippen LogP contribution in [0.5, 0.6) is 0 Å². The molecule has 1 aromatic carbocycles. The van der Waals surface area contributed by atoms with E-state index in [1.165, 1.54) is 15.3 Å². The van der Waals surface area contributed by atoms with Crippen molar-refractivity contribution in [2.24, 2.45) is 0 Å². The van der Waals surface area contributed by atoms with Crippen molar-refractivity contribution in [1.29, 1.82) is 0 Å². The van der Waals surface area contributed by atoms with Gasteiger partial charge in [-0.3, -0.25) is 4.79 Å². The van der Waals surface area contributed by atoms with Gasteiger partial charge in [-0.05, 0) is 56.1 Å². The maximum Gasteiger partial charge on any atom is 0.224 e. The van der Waals surface area contributed by atoms with Crippen LogP contribution in [0, 0.1) is 6.92 Å². The molecule has 2 aromatic rings. The summed E-state index contributed by atoms with van der Waals surface area (Å²) < 4.78 is 0. The van der Waals surface area contributed by atoms with Crippen LogP contribution in [0.4, 0.5) is 5.69 Å². The quantitative estimate of drug-likeness (QED) is 0.769. The smallest absolute Gasteiger partial charge is 0.224 e. The van der Waals surface area contributed by atoms with Crippen LogP contribution in [0.3, 0.4) is 0 Å². The number of hydrogen-bond acceptors (Lipinski definition) is 3. The molecule has 4 heteroatoms. The van der Waals surface area contributed by atoms with Crippen LogP contribution >= 0.6 is 11.3 Å². The molecule has 0 bridgehead atoms. The Kier molecular flexibility index (Phi) is 6.62. The summed E-state index contributed by atoms with van der Waals surface area (Å²) in [7, 11) is 0. The molecular formula is C18H24N2OS. The Morgan fingerprint density at radius 2 is 2.09 bits per heavy atom. The molecule has 22 heavy (non-hydrogen) atoms. The highest BCUT2D eigenvalue weighted by atomic mass is 32.1.